The maximum atomic E-state index is 14.1. The molecule has 0 aliphatic rings. The molecule has 0 radical (unpaired) electrons. The predicted octanol–water partition coefficient (Wildman–Crippen LogP) is 3.60. The van der Waals surface area contributed by atoms with Gasteiger partial charge in [-0.1, -0.05) is 0 Å². The van der Waals surface area contributed by atoms with Crippen LogP contribution in [-0.2, 0) is 0 Å². The Morgan fingerprint density at radius 1 is 0.909 bits per heavy atom. The van der Waals surface area contributed by atoms with E-state index < -0.39 is 34.3 Å². The van der Waals surface area contributed by atoms with Crippen LogP contribution in [0.1, 0.15) is 11.1 Å². The van der Waals surface area contributed by atoms with Gasteiger partial charge in [0.05, 0.1) is 7.11 Å². The SMILES string of the molecule is COc1ccc(Nc2c(F)c(F)c(C#N)c(C#N)c2F)cc1. The molecule has 0 unspecified atom stereocenters. The molecule has 22 heavy (non-hydrogen) atoms. The number of ether oxygens (including phenoxy) is 1. The molecule has 0 spiro atoms. The molecule has 0 bridgehead atoms. The first kappa shape index (κ1) is 15.2. The zero-order chi connectivity index (χ0) is 16.3. The summed E-state index contributed by atoms with van der Waals surface area (Å²) < 4.78 is 46.7. The lowest BCUT2D eigenvalue weighted by molar-refractivity contribution is 0.415. The first-order valence-corrected chi connectivity index (χ1v) is 5.95. The molecule has 110 valence electrons. The molecule has 2 aromatic rings. The van der Waals surface area contributed by atoms with Crippen LogP contribution in [0.25, 0.3) is 0 Å². The van der Waals surface area contributed by atoms with Crippen molar-refractivity contribution < 1.29 is 17.9 Å². The Labute approximate surface area is 124 Å². The van der Waals surface area contributed by atoms with Crippen LogP contribution in [0.15, 0.2) is 24.3 Å². The van der Waals surface area contributed by atoms with Gasteiger partial charge in [-0.25, -0.2) is 13.2 Å². The molecular weight excluding hydrogens is 295 g/mol. The summed E-state index contributed by atoms with van der Waals surface area (Å²) in [7, 11) is 1.46. The van der Waals surface area contributed by atoms with Crippen molar-refractivity contribution in [2.24, 2.45) is 0 Å². The third-order valence-electron chi connectivity index (χ3n) is 2.90. The van der Waals surface area contributed by atoms with Crippen LogP contribution in [0.3, 0.4) is 0 Å². The number of rotatable bonds is 3. The minimum absolute atomic E-state index is 0.256. The van der Waals surface area contributed by atoms with Crippen molar-refractivity contribution in [1.29, 1.82) is 10.5 Å². The van der Waals surface area contributed by atoms with Crippen molar-refractivity contribution >= 4 is 11.4 Å². The fourth-order valence-corrected chi connectivity index (χ4v) is 1.80. The molecule has 0 saturated carbocycles. The molecule has 1 N–H and O–H groups in total. The second kappa shape index (κ2) is 6.06. The van der Waals surface area contributed by atoms with Gasteiger partial charge in [0, 0.05) is 5.69 Å². The zero-order valence-electron chi connectivity index (χ0n) is 11.2. The van der Waals surface area contributed by atoms with Gasteiger partial charge >= 0.3 is 0 Å². The van der Waals surface area contributed by atoms with Crippen molar-refractivity contribution in [2.45, 2.75) is 0 Å². The minimum Gasteiger partial charge on any atom is -0.497 e. The number of benzene rings is 2. The van der Waals surface area contributed by atoms with Gasteiger partial charge in [0.2, 0.25) is 0 Å². The lowest BCUT2D eigenvalue weighted by Crippen LogP contribution is -2.06. The highest BCUT2D eigenvalue weighted by Crippen LogP contribution is 2.31. The summed E-state index contributed by atoms with van der Waals surface area (Å²) in [5.74, 6) is -3.94. The number of hydrogen-bond acceptors (Lipinski definition) is 4. The lowest BCUT2D eigenvalue weighted by Gasteiger charge is -2.12. The number of halogens is 3. The van der Waals surface area contributed by atoms with E-state index in [0.717, 1.165) is 0 Å². The van der Waals surface area contributed by atoms with Crippen LogP contribution in [-0.4, -0.2) is 7.11 Å². The van der Waals surface area contributed by atoms with E-state index in [9.17, 15) is 13.2 Å². The Balaban J connectivity index is 2.54. The fourth-order valence-electron chi connectivity index (χ4n) is 1.80. The summed E-state index contributed by atoms with van der Waals surface area (Å²) in [5.41, 5.74) is -2.39. The second-order valence-electron chi connectivity index (χ2n) is 4.14. The Kier molecular flexibility index (Phi) is 4.19. The third-order valence-corrected chi connectivity index (χ3v) is 2.90. The van der Waals surface area contributed by atoms with Gasteiger partial charge in [0.25, 0.3) is 0 Å². The summed E-state index contributed by atoms with van der Waals surface area (Å²) >= 11 is 0. The molecule has 0 saturated heterocycles. The van der Waals surface area contributed by atoms with Gasteiger partial charge in [-0.05, 0) is 24.3 Å². The van der Waals surface area contributed by atoms with Gasteiger partial charge in [-0.2, -0.15) is 10.5 Å². The van der Waals surface area contributed by atoms with E-state index in [4.69, 9.17) is 15.3 Å². The normalized spacial score (nSPS) is 9.73. The van der Waals surface area contributed by atoms with Crippen LogP contribution >= 0.6 is 0 Å². The molecule has 0 atom stereocenters. The van der Waals surface area contributed by atoms with Crippen LogP contribution in [0.2, 0.25) is 0 Å². The van der Waals surface area contributed by atoms with Gasteiger partial charge in [0.15, 0.2) is 17.5 Å². The van der Waals surface area contributed by atoms with Crippen molar-refractivity contribution in [1.82, 2.24) is 0 Å². The summed E-state index contributed by atoms with van der Waals surface area (Å²) in [6, 6.07) is 8.62. The molecule has 4 nitrogen and oxygen atoms in total. The molecular formula is C15H8F3N3O. The van der Waals surface area contributed by atoms with Crippen molar-refractivity contribution in [2.75, 3.05) is 12.4 Å². The first-order valence-electron chi connectivity index (χ1n) is 5.95. The van der Waals surface area contributed by atoms with Crippen molar-refractivity contribution in [3.8, 4) is 17.9 Å². The molecule has 0 heterocycles. The Morgan fingerprint density at radius 2 is 1.45 bits per heavy atom. The van der Waals surface area contributed by atoms with Crippen LogP contribution in [0.4, 0.5) is 24.5 Å². The molecule has 0 aliphatic carbocycles. The number of anilines is 2. The van der Waals surface area contributed by atoms with E-state index >= 15 is 0 Å². The highest BCUT2D eigenvalue weighted by molar-refractivity contribution is 5.66. The maximum Gasteiger partial charge on any atom is 0.186 e. The van der Waals surface area contributed by atoms with Gasteiger partial charge < -0.3 is 10.1 Å². The molecule has 2 rings (SSSR count). The van der Waals surface area contributed by atoms with E-state index in [1.807, 2.05) is 0 Å². The highest BCUT2D eigenvalue weighted by atomic mass is 19.2. The number of nitriles is 2. The average molecular weight is 303 g/mol. The van der Waals surface area contributed by atoms with Crippen LogP contribution in [0.5, 0.6) is 5.75 Å². The van der Waals surface area contributed by atoms with Gasteiger partial charge in [-0.3, -0.25) is 0 Å². The van der Waals surface area contributed by atoms with Crippen molar-refractivity contribution in [3.63, 3.8) is 0 Å². The summed E-state index contributed by atoms with van der Waals surface area (Å²) in [4.78, 5) is 0. The van der Waals surface area contributed by atoms with Crippen LogP contribution < -0.4 is 10.1 Å². The van der Waals surface area contributed by atoms with E-state index in [0.29, 0.717) is 5.75 Å². The maximum absolute atomic E-state index is 14.1. The van der Waals surface area contributed by atoms with Crippen molar-refractivity contribution in [3.05, 3.63) is 52.8 Å². The predicted molar refractivity (Wildman–Crippen MR) is 72.0 cm³/mol. The third kappa shape index (κ3) is 2.52. The van der Waals surface area contributed by atoms with E-state index in [2.05, 4.69) is 5.32 Å². The molecule has 7 heteroatoms. The van der Waals surface area contributed by atoms with Crippen LogP contribution in [0, 0.1) is 40.1 Å². The summed E-state index contributed by atoms with van der Waals surface area (Å²) in [6.07, 6.45) is 0. The fraction of sp³-hybridized carbons (Fsp3) is 0.0667. The number of nitrogens with zero attached hydrogens (tertiary/aromatic N) is 2. The molecule has 2 aromatic carbocycles. The lowest BCUT2D eigenvalue weighted by atomic mass is 10.1. The Hall–Kier alpha value is -3.19. The Bertz CT molecular complexity index is 805. The largest absolute Gasteiger partial charge is 0.497 e. The van der Waals surface area contributed by atoms with E-state index in [1.165, 1.54) is 43.5 Å². The summed E-state index contributed by atoms with van der Waals surface area (Å²) in [5, 5.41) is 19.9. The smallest absolute Gasteiger partial charge is 0.186 e. The molecule has 0 aliphatic heterocycles. The minimum atomic E-state index is -1.57. The Morgan fingerprint density at radius 3 is 1.95 bits per heavy atom. The average Bonchev–Trinajstić information content (AvgIpc) is 2.55. The number of nitrogens with one attached hydrogen (secondary N) is 1. The first-order chi connectivity index (χ1) is 10.5. The zero-order valence-corrected chi connectivity index (χ0v) is 11.2. The summed E-state index contributed by atoms with van der Waals surface area (Å²) in [6.45, 7) is 0. The molecule has 0 aromatic heterocycles. The quantitative estimate of drug-likeness (QED) is 0.880. The number of hydrogen-bond donors (Lipinski definition) is 1. The monoisotopic (exact) mass is 303 g/mol. The van der Waals surface area contributed by atoms with E-state index in [-0.39, 0.29) is 5.69 Å². The second-order valence-corrected chi connectivity index (χ2v) is 4.14. The standard InChI is InChI=1S/C15H8F3N3O/c1-22-9-4-2-8(3-5-9)21-15-13(17)11(7-20)10(6-19)12(16)14(15)18/h2-5,21H,1H3. The van der Waals surface area contributed by atoms with Gasteiger partial charge in [-0.15, -0.1) is 0 Å². The molecule has 0 amide bonds. The number of methoxy groups -OCH3 is 1. The highest BCUT2D eigenvalue weighted by Gasteiger charge is 2.25. The molecule has 0 fully saturated rings. The topological polar surface area (TPSA) is 68.8 Å². The van der Waals surface area contributed by atoms with Gasteiger partial charge in [0.1, 0.15) is 34.7 Å². The van der Waals surface area contributed by atoms with E-state index in [1.54, 1.807) is 0 Å².